The Bertz CT molecular complexity index is 394. The van der Waals surface area contributed by atoms with Crippen molar-refractivity contribution in [1.82, 2.24) is 0 Å². The van der Waals surface area contributed by atoms with Crippen LogP contribution >= 0.6 is 11.3 Å². The standard InChI is InChI=1S/C6H8N2O3S2/c1-11-6(7)8-13(9,10)5-3-2-4-12-5/h2-4H,1H3,(H2,7,8). The third-order valence-electron chi connectivity index (χ3n) is 1.17. The lowest BCUT2D eigenvalue weighted by Gasteiger charge is -1.96. The van der Waals surface area contributed by atoms with Gasteiger partial charge in [0.1, 0.15) is 4.21 Å². The van der Waals surface area contributed by atoms with Crippen LogP contribution in [0.3, 0.4) is 0 Å². The van der Waals surface area contributed by atoms with Crippen LogP contribution in [0.4, 0.5) is 0 Å². The van der Waals surface area contributed by atoms with Gasteiger partial charge in [-0.1, -0.05) is 6.07 Å². The first-order chi connectivity index (χ1) is 6.06. The summed E-state index contributed by atoms with van der Waals surface area (Å²) in [6.45, 7) is 0. The molecule has 0 fully saturated rings. The van der Waals surface area contributed by atoms with Crippen molar-refractivity contribution >= 4 is 27.4 Å². The average Bonchev–Trinajstić information content (AvgIpc) is 2.55. The summed E-state index contributed by atoms with van der Waals surface area (Å²) < 4.78 is 30.5. The first-order valence-electron chi connectivity index (χ1n) is 3.24. The summed E-state index contributed by atoms with van der Waals surface area (Å²) in [5.41, 5.74) is 5.12. The van der Waals surface area contributed by atoms with Crippen molar-refractivity contribution in [3.63, 3.8) is 0 Å². The van der Waals surface area contributed by atoms with Gasteiger partial charge in [-0.3, -0.25) is 0 Å². The lowest BCUT2D eigenvalue weighted by atomic mass is 10.7. The molecule has 2 N–H and O–H groups in total. The SMILES string of the molecule is COC(N)=NS(=O)(=O)c1cccs1. The van der Waals surface area contributed by atoms with Gasteiger partial charge in [-0.2, -0.15) is 8.42 Å². The molecule has 0 atom stereocenters. The van der Waals surface area contributed by atoms with E-state index in [2.05, 4.69) is 9.13 Å². The van der Waals surface area contributed by atoms with Crippen molar-refractivity contribution in [2.45, 2.75) is 4.21 Å². The van der Waals surface area contributed by atoms with Crippen LogP contribution in [-0.4, -0.2) is 21.5 Å². The second-order valence-corrected chi connectivity index (χ2v) is 4.82. The summed E-state index contributed by atoms with van der Waals surface area (Å²) in [6.07, 6.45) is 0. The zero-order valence-corrected chi connectivity index (χ0v) is 8.43. The minimum absolute atomic E-state index is 0.146. The van der Waals surface area contributed by atoms with Crippen molar-refractivity contribution in [1.29, 1.82) is 0 Å². The van der Waals surface area contributed by atoms with Gasteiger partial charge in [-0.25, -0.2) is 0 Å². The van der Waals surface area contributed by atoms with Crippen LogP contribution in [0.2, 0.25) is 0 Å². The number of nitrogens with zero attached hydrogens (tertiary/aromatic N) is 1. The fourth-order valence-corrected chi connectivity index (χ4v) is 2.48. The summed E-state index contributed by atoms with van der Waals surface area (Å²) >= 11 is 1.08. The number of nitrogens with two attached hydrogens (primary N) is 1. The van der Waals surface area contributed by atoms with Gasteiger partial charge in [-0.15, -0.1) is 15.7 Å². The fourth-order valence-electron chi connectivity index (χ4n) is 0.611. The molecule has 1 rings (SSSR count). The molecular formula is C6H8N2O3S2. The van der Waals surface area contributed by atoms with E-state index in [1.807, 2.05) is 0 Å². The molecular weight excluding hydrogens is 212 g/mol. The molecule has 0 aliphatic rings. The maximum absolute atomic E-state index is 11.3. The normalized spacial score (nSPS) is 12.8. The number of sulfonamides is 1. The predicted molar refractivity (Wildman–Crippen MR) is 50.1 cm³/mol. The molecule has 72 valence electrons. The molecule has 1 aromatic rings. The van der Waals surface area contributed by atoms with Crippen LogP contribution in [0, 0.1) is 0 Å². The first-order valence-corrected chi connectivity index (χ1v) is 5.56. The van der Waals surface area contributed by atoms with Crippen LogP contribution in [0.5, 0.6) is 0 Å². The fraction of sp³-hybridized carbons (Fsp3) is 0.167. The van der Waals surface area contributed by atoms with Gasteiger partial charge < -0.3 is 10.5 Å². The monoisotopic (exact) mass is 220 g/mol. The molecule has 13 heavy (non-hydrogen) atoms. The zero-order valence-electron chi connectivity index (χ0n) is 6.80. The molecule has 0 bridgehead atoms. The molecule has 0 aliphatic carbocycles. The van der Waals surface area contributed by atoms with E-state index in [-0.39, 0.29) is 10.2 Å². The van der Waals surface area contributed by atoms with Crippen molar-refractivity contribution in [2.75, 3.05) is 7.11 Å². The summed E-state index contributed by atoms with van der Waals surface area (Å²) in [5, 5.41) is 1.64. The Morgan fingerprint density at radius 2 is 2.38 bits per heavy atom. The highest BCUT2D eigenvalue weighted by atomic mass is 32.2. The minimum Gasteiger partial charge on any atom is -0.468 e. The minimum atomic E-state index is -3.67. The highest BCUT2D eigenvalue weighted by Gasteiger charge is 2.14. The molecule has 0 saturated heterocycles. The number of thiophene rings is 1. The lowest BCUT2D eigenvalue weighted by Crippen LogP contribution is -2.15. The van der Waals surface area contributed by atoms with Crippen LogP contribution in [0.25, 0.3) is 0 Å². The van der Waals surface area contributed by atoms with Gasteiger partial charge in [-0.05, 0) is 11.4 Å². The largest absolute Gasteiger partial charge is 0.468 e. The molecule has 0 unspecified atom stereocenters. The number of rotatable bonds is 2. The molecule has 0 amide bonds. The van der Waals surface area contributed by atoms with Gasteiger partial charge >= 0.3 is 0 Å². The number of ether oxygens (including phenoxy) is 1. The van der Waals surface area contributed by atoms with Crippen molar-refractivity contribution in [3.8, 4) is 0 Å². The first kappa shape index (κ1) is 10.0. The van der Waals surface area contributed by atoms with Gasteiger partial charge in [0.2, 0.25) is 0 Å². The summed E-state index contributed by atoms with van der Waals surface area (Å²) in [5.74, 6) is 0. The number of hydrogen-bond donors (Lipinski definition) is 1. The Hall–Kier alpha value is -1.08. The van der Waals surface area contributed by atoms with E-state index >= 15 is 0 Å². The second kappa shape index (κ2) is 3.75. The Kier molecular flexibility index (Phi) is 2.89. The van der Waals surface area contributed by atoms with Gasteiger partial charge in [0.25, 0.3) is 16.0 Å². The van der Waals surface area contributed by atoms with E-state index in [9.17, 15) is 8.42 Å². The summed E-state index contributed by atoms with van der Waals surface area (Å²) in [4.78, 5) is 0. The zero-order chi connectivity index (χ0) is 9.90. The number of hydrogen-bond acceptors (Lipinski definition) is 4. The highest BCUT2D eigenvalue weighted by Crippen LogP contribution is 2.17. The maximum atomic E-state index is 11.3. The summed E-state index contributed by atoms with van der Waals surface area (Å²) in [6, 6.07) is 2.70. The topological polar surface area (TPSA) is 81.8 Å². The van der Waals surface area contributed by atoms with Crippen molar-refractivity contribution < 1.29 is 13.2 Å². The molecule has 0 aliphatic heterocycles. The molecule has 0 aromatic carbocycles. The predicted octanol–water partition coefficient (Wildman–Crippen LogP) is 0.398. The van der Waals surface area contributed by atoms with E-state index < -0.39 is 10.0 Å². The maximum Gasteiger partial charge on any atom is 0.297 e. The van der Waals surface area contributed by atoms with Gasteiger partial charge in [0.05, 0.1) is 7.11 Å². The average molecular weight is 220 g/mol. The molecule has 7 heteroatoms. The lowest BCUT2D eigenvalue weighted by molar-refractivity contribution is 0.397. The summed E-state index contributed by atoms with van der Waals surface area (Å²) in [7, 11) is -2.42. The van der Waals surface area contributed by atoms with E-state index in [1.54, 1.807) is 11.4 Å². The van der Waals surface area contributed by atoms with Crippen LogP contribution in [-0.2, 0) is 14.8 Å². The third-order valence-corrected chi connectivity index (χ3v) is 3.82. The molecule has 1 heterocycles. The molecule has 0 saturated carbocycles. The van der Waals surface area contributed by atoms with Crippen molar-refractivity contribution in [2.24, 2.45) is 10.1 Å². The van der Waals surface area contributed by atoms with E-state index in [1.165, 1.54) is 13.2 Å². The second-order valence-electron chi connectivity index (χ2n) is 2.04. The Morgan fingerprint density at radius 1 is 1.69 bits per heavy atom. The molecule has 0 radical (unpaired) electrons. The molecule has 5 nitrogen and oxygen atoms in total. The number of methoxy groups -OCH3 is 1. The van der Waals surface area contributed by atoms with E-state index in [4.69, 9.17) is 5.73 Å². The molecule has 0 spiro atoms. The Labute approximate surface area is 79.9 Å². The van der Waals surface area contributed by atoms with Crippen LogP contribution in [0.15, 0.2) is 26.1 Å². The molecule has 1 aromatic heterocycles. The third kappa shape index (κ3) is 2.43. The van der Waals surface area contributed by atoms with Crippen LogP contribution < -0.4 is 5.73 Å². The Balaban J connectivity index is 3.05. The van der Waals surface area contributed by atoms with E-state index in [0.29, 0.717) is 0 Å². The number of amidine groups is 1. The van der Waals surface area contributed by atoms with Gasteiger partial charge in [0.15, 0.2) is 0 Å². The van der Waals surface area contributed by atoms with E-state index in [0.717, 1.165) is 11.3 Å². The highest BCUT2D eigenvalue weighted by molar-refractivity contribution is 7.92. The van der Waals surface area contributed by atoms with Crippen LogP contribution in [0.1, 0.15) is 0 Å². The Morgan fingerprint density at radius 3 is 2.85 bits per heavy atom. The quantitative estimate of drug-likeness (QED) is 0.577. The smallest absolute Gasteiger partial charge is 0.297 e. The van der Waals surface area contributed by atoms with Gasteiger partial charge in [0, 0.05) is 0 Å². The van der Waals surface area contributed by atoms with Crippen molar-refractivity contribution in [3.05, 3.63) is 17.5 Å².